The fourth-order valence-corrected chi connectivity index (χ4v) is 2.14. The molecule has 0 spiro atoms. The summed E-state index contributed by atoms with van der Waals surface area (Å²) in [5.74, 6) is 0. The SMILES string of the molecule is Cc1cc(C)n(-c2ccc(CCN)c(C)c2)n1. The van der Waals surface area contributed by atoms with E-state index in [1.54, 1.807) is 0 Å². The lowest BCUT2D eigenvalue weighted by atomic mass is 10.1. The van der Waals surface area contributed by atoms with Crippen molar-refractivity contribution in [3.8, 4) is 5.69 Å². The van der Waals surface area contributed by atoms with Crippen molar-refractivity contribution in [3.05, 3.63) is 46.8 Å². The van der Waals surface area contributed by atoms with E-state index in [0.717, 1.165) is 23.5 Å². The fourth-order valence-electron chi connectivity index (χ4n) is 2.14. The highest BCUT2D eigenvalue weighted by Gasteiger charge is 2.05. The monoisotopic (exact) mass is 229 g/mol. The Labute approximate surface area is 102 Å². The van der Waals surface area contributed by atoms with Gasteiger partial charge in [0.2, 0.25) is 0 Å². The number of rotatable bonds is 3. The zero-order valence-electron chi connectivity index (χ0n) is 10.7. The van der Waals surface area contributed by atoms with Gasteiger partial charge in [-0.15, -0.1) is 0 Å². The van der Waals surface area contributed by atoms with E-state index >= 15 is 0 Å². The molecule has 2 aromatic rings. The average Bonchev–Trinajstić information content (AvgIpc) is 2.61. The topological polar surface area (TPSA) is 43.8 Å². The molecule has 0 saturated heterocycles. The lowest BCUT2D eigenvalue weighted by Gasteiger charge is -2.09. The van der Waals surface area contributed by atoms with Crippen LogP contribution in [-0.4, -0.2) is 16.3 Å². The van der Waals surface area contributed by atoms with Gasteiger partial charge in [0.25, 0.3) is 0 Å². The molecule has 0 bridgehead atoms. The standard InChI is InChI=1S/C14H19N3/c1-10-8-14(5-4-13(10)6-7-15)17-12(3)9-11(2)16-17/h4-5,8-9H,6-7,15H2,1-3H3. The highest BCUT2D eigenvalue weighted by Crippen LogP contribution is 2.16. The third kappa shape index (κ3) is 2.39. The number of aromatic nitrogens is 2. The van der Waals surface area contributed by atoms with Gasteiger partial charge in [-0.25, -0.2) is 4.68 Å². The average molecular weight is 229 g/mol. The van der Waals surface area contributed by atoms with Gasteiger partial charge >= 0.3 is 0 Å². The van der Waals surface area contributed by atoms with Gasteiger partial charge in [-0.3, -0.25) is 0 Å². The Bertz CT molecular complexity index is 526. The Balaban J connectivity index is 2.41. The molecular formula is C14H19N3. The van der Waals surface area contributed by atoms with Crippen LogP contribution in [0.15, 0.2) is 24.3 Å². The van der Waals surface area contributed by atoms with Crippen LogP contribution in [0.25, 0.3) is 5.69 Å². The molecule has 0 unspecified atom stereocenters. The molecular weight excluding hydrogens is 210 g/mol. The molecule has 3 heteroatoms. The summed E-state index contributed by atoms with van der Waals surface area (Å²) in [6.07, 6.45) is 0.934. The van der Waals surface area contributed by atoms with E-state index in [4.69, 9.17) is 5.73 Å². The van der Waals surface area contributed by atoms with Crippen molar-refractivity contribution in [2.75, 3.05) is 6.54 Å². The van der Waals surface area contributed by atoms with E-state index in [0.29, 0.717) is 6.54 Å². The number of benzene rings is 1. The van der Waals surface area contributed by atoms with Gasteiger partial charge in [0.15, 0.2) is 0 Å². The van der Waals surface area contributed by atoms with Crippen molar-refractivity contribution in [1.82, 2.24) is 9.78 Å². The molecule has 0 radical (unpaired) electrons. The van der Waals surface area contributed by atoms with Crippen LogP contribution in [0.1, 0.15) is 22.5 Å². The van der Waals surface area contributed by atoms with Crippen LogP contribution >= 0.6 is 0 Å². The third-order valence-corrected chi connectivity index (χ3v) is 2.99. The zero-order valence-corrected chi connectivity index (χ0v) is 10.7. The first kappa shape index (κ1) is 11.9. The van der Waals surface area contributed by atoms with Crippen LogP contribution in [0, 0.1) is 20.8 Å². The van der Waals surface area contributed by atoms with Crippen molar-refractivity contribution in [1.29, 1.82) is 0 Å². The quantitative estimate of drug-likeness (QED) is 0.877. The maximum absolute atomic E-state index is 5.59. The van der Waals surface area contributed by atoms with Gasteiger partial charge in [-0.1, -0.05) is 6.07 Å². The summed E-state index contributed by atoms with van der Waals surface area (Å²) >= 11 is 0. The lowest BCUT2D eigenvalue weighted by Crippen LogP contribution is -2.05. The molecule has 0 aliphatic rings. The van der Waals surface area contributed by atoms with E-state index < -0.39 is 0 Å². The molecule has 0 atom stereocenters. The molecule has 3 nitrogen and oxygen atoms in total. The summed E-state index contributed by atoms with van der Waals surface area (Å²) in [4.78, 5) is 0. The molecule has 0 aliphatic heterocycles. The highest BCUT2D eigenvalue weighted by molar-refractivity contribution is 5.41. The van der Waals surface area contributed by atoms with Crippen molar-refractivity contribution < 1.29 is 0 Å². The second kappa shape index (κ2) is 4.72. The number of nitrogens with zero attached hydrogens (tertiary/aromatic N) is 2. The first-order valence-corrected chi connectivity index (χ1v) is 5.95. The molecule has 1 aromatic carbocycles. The predicted octanol–water partition coefficient (Wildman–Crippen LogP) is 2.30. The predicted molar refractivity (Wildman–Crippen MR) is 70.5 cm³/mol. The zero-order chi connectivity index (χ0) is 12.4. The summed E-state index contributed by atoms with van der Waals surface area (Å²) in [6, 6.07) is 8.51. The Morgan fingerprint density at radius 3 is 2.47 bits per heavy atom. The second-order valence-electron chi connectivity index (χ2n) is 4.49. The number of hydrogen-bond donors (Lipinski definition) is 1. The van der Waals surface area contributed by atoms with E-state index in [2.05, 4.69) is 43.2 Å². The maximum Gasteiger partial charge on any atom is 0.0651 e. The van der Waals surface area contributed by atoms with Crippen molar-refractivity contribution in [2.45, 2.75) is 27.2 Å². The smallest absolute Gasteiger partial charge is 0.0651 e. The summed E-state index contributed by atoms with van der Waals surface area (Å²) in [7, 11) is 0. The fraction of sp³-hybridized carbons (Fsp3) is 0.357. The molecule has 1 heterocycles. The summed E-state index contributed by atoms with van der Waals surface area (Å²) in [6.45, 7) is 6.91. The van der Waals surface area contributed by atoms with E-state index in [1.165, 1.54) is 11.1 Å². The minimum Gasteiger partial charge on any atom is -0.330 e. The molecule has 2 rings (SSSR count). The lowest BCUT2D eigenvalue weighted by molar-refractivity contribution is 0.830. The maximum atomic E-state index is 5.59. The van der Waals surface area contributed by atoms with Crippen LogP contribution in [0.5, 0.6) is 0 Å². The van der Waals surface area contributed by atoms with E-state index in [1.807, 2.05) is 11.6 Å². The van der Waals surface area contributed by atoms with Crippen LogP contribution in [0.3, 0.4) is 0 Å². The van der Waals surface area contributed by atoms with E-state index in [-0.39, 0.29) is 0 Å². The summed E-state index contributed by atoms with van der Waals surface area (Å²) in [5, 5.41) is 4.49. The molecule has 0 fully saturated rings. The molecule has 0 amide bonds. The number of aryl methyl sites for hydroxylation is 3. The van der Waals surface area contributed by atoms with Crippen LogP contribution in [-0.2, 0) is 6.42 Å². The Morgan fingerprint density at radius 2 is 1.94 bits per heavy atom. The second-order valence-corrected chi connectivity index (χ2v) is 4.49. The Morgan fingerprint density at radius 1 is 1.18 bits per heavy atom. The molecule has 0 saturated carbocycles. The van der Waals surface area contributed by atoms with E-state index in [9.17, 15) is 0 Å². The first-order valence-electron chi connectivity index (χ1n) is 5.95. The molecule has 90 valence electrons. The van der Waals surface area contributed by atoms with Crippen LogP contribution < -0.4 is 5.73 Å². The van der Waals surface area contributed by atoms with Gasteiger partial charge in [0, 0.05) is 5.69 Å². The normalized spacial score (nSPS) is 10.8. The van der Waals surface area contributed by atoms with Crippen molar-refractivity contribution in [2.24, 2.45) is 5.73 Å². The summed E-state index contributed by atoms with van der Waals surface area (Å²) < 4.78 is 1.98. The van der Waals surface area contributed by atoms with Gasteiger partial charge in [-0.05, 0) is 63.1 Å². The summed E-state index contributed by atoms with van der Waals surface area (Å²) in [5.41, 5.74) is 11.5. The van der Waals surface area contributed by atoms with Crippen molar-refractivity contribution in [3.63, 3.8) is 0 Å². The third-order valence-electron chi connectivity index (χ3n) is 2.99. The highest BCUT2D eigenvalue weighted by atomic mass is 15.3. The molecule has 0 aliphatic carbocycles. The Kier molecular flexibility index (Phi) is 3.29. The van der Waals surface area contributed by atoms with Gasteiger partial charge in [0.05, 0.1) is 11.4 Å². The van der Waals surface area contributed by atoms with Gasteiger partial charge in [0.1, 0.15) is 0 Å². The van der Waals surface area contributed by atoms with Crippen LogP contribution in [0.2, 0.25) is 0 Å². The molecule has 17 heavy (non-hydrogen) atoms. The van der Waals surface area contributed by atoms with Gasteiger partial charge < -0.3 is 5.73 Å². The van der Waals surface area contributed by atoms with Gasteiger partial charge in [-0.2, -0.15) is 5.10 Å². The minimum absolute atomic E-state index is 0.695. The number of hydrogen-bond acceptors (Lipinski definition) is 2. The van der Waals surface area contributed by atoms with Crippen molar-refractivity contribution >= 4 is 0 Å². The number of nitrogens with two attached hydrogens (primary N) is 1. The first-order chi connectivity index (χ1) is 8.11. The largest absolute Gasteiger partial charge is 0.330 e. The molecule has 1 aromatic heterocycles. The Hall–Kier alpha value is -1.61. The van der Waals surface area contributed by atoms with Crippen LogP contribution in [0.4, 0.5) is 0 Å². The molecule has 2 N–H and O–H groups in total. The minimum atomic E-state index is 0.695.